The van der Waals surface area contributed by atoms with Crippen LogP contribution in [0.3, 0.4) is 0 Å². The lowest BCUT2D eigenvalue weighted by molar-refractivity contribution is 0.300. The Morgan fingerprint density at radius 2 is 1.69 bits per heavy atom. The molecule has 0 unspecified atom stereocenters. The maximum Gasteiger partial charge on any atom is 0.261 e. The van der Waals surface area contributed by atoms with Crippen molar-refractivity contribution in [3.8, 4) is 5.75 Å². The number of halogens is 1. The summed E-state index contributed by atoms with van der Waals surface area (Å²) in [5.74, 6) is 0.0982. The van der Waals surface area contributed by atoms with Crippen LogP contribution in [0.1, 0.15) is 11.1 Å². The van der Waals surface area contributed by atoms with Gasteiger partial charge in [-0.3, -0.25) is 4.72 Å². The summed E-state index contributed by atoms with van der Waals surface area (Å²) in [6.45, 7) is 1.95. The third-order valence-electron chi connectivity index (χ3n) is 3.77. The van der Waals surface area contributed by atoms with E-state index in [4.69, 9.17) is 4.74 Å². The number of rotatable bonds is 6. The fraction of sp³-hybridized carbons (Fsp3) is 0.100. The first-order chi connectivity index (χ1) is 12.4. The highest BCUT2D eigenvalue weighted by molar-refractivity contribution is 7.92. The average Bonchev–Trinajstić information content (AvgIpc) is 2.61. The Bertz CT molecular complexity index is 1000. The SMILES string of the molecule is Cc1ccc(S(=O)(=O)Nc2cccc(OCc3ccccc3F)c2)cc1. The van der Waals surface area contributed by atoms with E-state index in [1.807, 2.05) is 6.92 Å². The molecule has 1 N–H and O–H groups in total. The van der Waals surface area contributed by atoms with Crippen LogP contribution in [-0.4, -0.2) is 8.42 Å². The molecule has 0 spiro atoms. The maximum atomic E-state index is 13.6. The van der Waals surface area contributed by atoms with E-state index < -0.39 is 10.0 Å². The fourth-order valence-corrected chi connectivity index (χ4v) is 3.41. The molecular formula is C20H18FNO3S. The van der Waals surface area contributed by atoms with E-state index in [0.717, 1.165) is 5.56 Å². The van der Waals surface area contributed by atoms with Gasteiger partial charge in [0.2, 0.25) is 0 Å². The molecule has 0 aliphatic rings. The molecule has 0 radical (unpaired) electrons. The number of nitrogens with one attached hydrogen (secondary N) is 1. The third-order valence-corrected chi connectivity index (χ3v) is 5.17. The normalized spacial score (nSPS) is 11.2. The molecule has 4 nitrogen and oxygen atoms in total. The van der Waals surface area contributed by atoms with Crippen LogP contribution in [0.4, 0.5) is 10.1 Å². The van der Waals surface area contributed by atoms with E-state index in [0.29, 0.717) is 17.0 Å². The minimum Gasteiger partial charge on any atom is -0.489 e. The van der Waals surface area contributed by atoms with Crippen LogP contribution in [0, 0.1) is 12.7 Å². The number of hydrogen-bond acceptors (Lipinski definition) is 3. The Hall–Kier alpha value is -2.86. The number of sulfonamides is 1. The molecule has 3 aromatic carbocycles. The van der Waals surface area contributed by atoms with Gasteiger partial charge >= 0.3 is 0 Å². The number of hydrogen-bond donors (Lipinski definition) is 1. The summed E-state index contributed by atoms with van der Waals surface area (Å²) < 4.78 is 46.6. The number of benzene rings is 3. The highest BCUT2D eigenvalue weighted by Gasteiger charge is 2.14. The van der Waals surface area contributed by atoms with Crippen LogP contribution in [-0.2, 0) is 16.6 Å². The maximum absolute atomic E-state index is 13.6. The molecule has 0 bridgehead atoms. The Balaban J connectivity index is 1.73. The van der Waals surface area contributed by atoms with Crippen molar-refractivity contribution in [2.24, 2.45) is 0 Å². The van der Waals surface area contributed by atoms with Crippen LogP contribution in [0.2, 0.25) is 0 Å². The van der Waals surface area contributed by atoms with Gasteiger partial charge in [0.15, 0.2) is 0 Å². The van der Waals surface area contributed by atoms with Gasteiger partial charge in [0.25, 0.3) is 10.0 Å². The van der Waals surface area contributed by atoms with Gasteiger partial charge in [-0.25, -0.2) is 12.8 Å². The Morgan fingerprint density at radius 1 is 0.962 bits per heavy atom. The second-order valence-electron chi connectivity index (χ2n) is 5.83. The van der Waals surface area contributed by atoms with Gasteiger partial charge in [-0.1, -0.05) is 42.0 Å². The van der Waals surface area contributed by atoms with Crippen molar-refractivity contribution in [1.82, 2.24) is 0 Å². The Labute approximate surface area is 152 Å². The van der Waals surface area contributed by atoms with Crippen LogP contribution in [0.15, 0.2) is 77.7 Å². The lowest BCUT2D eigenvalue weighted by Crippen LogP contribution is -2.12. The summed E-state index contributed by atoms with van der Waals surface area (Å²) in [6, 6.07) is 19.5. The van der Waals surface area contributed by atoms with Crippen LogP contribution in [0.25, 0.3) is 0 Å². The zero-order valence-corrected chi connectivity index (χ0v) is 15.0. The smallest absolute Gasteiger partial charge is 0.261 e. The second-order valence-corrected chi connectivity index (χ2v) is 7.51. The van der Waals surface area contributed by atoms with E-state index in [1.165, 1.54) is 6.07 Å². The first kappa shape index (κ1) is 17.9. The first-order valence-electron chi connectivity index (χ1n) is 8.00. The number of ether oxygens (including phenoxy) is 1. The molecule has 0 aromatic heterocycles. The van der Waals surface area contributed by atoms with Crippen LogP contribution >= 0.6 is 0 Å². The molecule has 0 aliphatic heterocycles. The lowest BCUT2D eigenvalue weighted by Gasteiger charge is -2.11. The van der Waals surface area contributed by atoms with Gasteiger partial charge in [0, 0.05) is 11.6 Å². The van der Waals surface area contributed by atoms with E-state index >= 15 is 0 Å². The summed E-state index contributed by atoms with van der Waals surface area (Å²) in [5.41, 5.74) is 1.78. The summed E-state index contributed by atoms with van der Waals surface area (Å²) >= 11 is 0. The van der Waals surface area contributed by atoms with Crippen molar-refractivity contribution < 1.29 is 17.5 Å². The largest absolute Gasteiger partial charge is 0.489 e. The van der Waals surface area contributed by atoms with E-state index in [-0.39, 0.29) is 17.3 Å². The molecular weight excluding hydrogens is 353 g/mol. The minimum atomic E-state index is -3.69. The summed E-state index contributed by atoms with van der Waals surface area (Å²) in [6.07, 6.45) is 0. The summed E-state index contributed by atoms with van der Waals surface area (Å²) in [7, 11) is -3.69. The monoisotopic (exact) mass is 371 g/mol. The molecule has 3 rings (SSSR count). The molecule has 0 heterocycles. The summed E-state index contributed by atoms with van der Waals surface area (Å²) in [5, 5.41) is 0. The predicted molar refractivity (Wildman–Crippen MR) is 99.2 cm³/mol. The van der Waals surface area contributed by atoms with Crippen molar-refractivity contribution in [2.75, 3.05) is 4.72 Å². The van der Waals surface area contributed by atoms with Crippen LogP contribution in [0.5, 0.6) is 5.75 Å². The van der Waals surface area contributed by atoms with Gasteiger partial charge < -0.3 is 4.74 Å². The standard InChI is InChI=1S/C20H18FNO3S/c1-15-9-11-19(12-10-15)26(23,24)22-17-6-4-7-18(13-17)25-14-16-5-2-3-8-20(16)21/h2-13,22H,14H2,1H3. The lowest BCUT2D eigenvalue weighted by atomic mass is 10.2. The van der Waals surface area contributed by atoms with Crippen molar-refractivity contribution in [2.45, 2.75) is 18.4 Å². The molecule has 0 saturated heterocycles. The molecule has 0 saturated carbocycles. The Morgan fingerprint density at radius 3 is 2.42 bits per heavy atom. The second kappa shape index (κ2) is 7.58. The number of aryl methyl sites for hydroxylation is 1. The number of anilines is 1. The molecule has 0 amide bonds. The molecule has 0 atom stereocenters. The molecule has 26 heavy (non-hydrogen) atoms. The van der Waals surface area contributed by atoms with Crippen LogP contribution < -0.4 is 9.46 Å². The summed E-state index contributed by atoms with van der Waals surface area (Å²) in [4.78, 5) is 0.181. The van der Waals surface area contributed by atoms with E-state index in [1.54, 1.807) is 66.7 Å². The minimum absolute atomic E-state index is 0.0564. The van der Waals surface area contributed by atoms with Crippen molar-refractivity contribution in [1.29, 1.82) is 0 Å². The third kappa shape index (κ3) is 4.40. The van der Waals surface area contributed by atoms with Gasteiger partial charge in [-0.2, -0.15) is 0 Å². The molecule has 0 fully saturated rings. The van der Waals surface area contributed by atoms with Crippen molar-refractivity contribution in [3.63, 3.8) is 0 Å². The molecule has 3 aromatic rings. The van der Waals surface area contributed by atoms with E-state index in [2.05, 4.69) is 4.72 Å². The van der Waals surface area contributed by atoms with E-state index in [9.17, 15) is 12.8 Å². The average molecular weight is 371 g/mol. The first-order valence-corrected chi connectivity index (χ1v) is 9.48. The fourth-order valence-electron chi connectivity index (χ4n) is 2.36. The van der Waals surface area contributed by atoms with Gasteiger partial charge in [-0.05, 0) is 37.3 Å². The molecule has 6 heteroatoms. The zero-order chi connectivity index (χ0) is 18.6. The van der Waals surface area contributed by atoms with Gasteiger partial charge in [0.1, 0.15) is 18.2 Å². The predicted octanol–water partition coefficient (Wildman–Crippen LogP) is 4.51. The molecule has 0 aliphatic carbocycles. The van der Waals surface area contributed by atoms with Crippen molar-refractivity contribution in [3.05, 3.63) is 89.7 Å². The quantitative estimate of drug-likeness (QED) is 0.693. The zero-order valence-electron chi connectivity index (χ0n) is 14.1. The Kier molecular flexibility index (Phi) is 5.23. The molecule has 134 valence electrons. The van der Waals surface area contributed by atoms with Gasteiger partial charge in [0.05, 0.1) is 10.6 Å². The van der Waals surface area contributed by atoms with Crippen molar-refractivity contribution >= 4 is 15.7 Å². The highest BCUT2D eigenvalue weighted by atomic mass is 32.2. The highest BCUT2D eigenvalue weighted by Crippen LogP contribution is 2.22. The van der Waals surface area contributed by atoms with Gasteiger partial charge in [-0.15, -0.1) is 0 Å². The topological polar surface area (TPSA) is 55.4 Å².